The van der Waals surface area contributed by atoms with Crippen LogP contribution in [0.2, 0.25) is 0 Å². The minimum absolute atomic E-state index is 0.492. The Morgan fingerprint density at radius 1 is 0.958 bits per heavy atom. The summed E-state index contributed by atoms with van der Waals surface area (Å²) in [5, 5.41) is 0. The van der Waals surface area contributed by atoms with Crippen LogP contribution in [0.25, 0.3) is 0 Å². The Morgan fingerprint density at radius 3 is 2.29 bits per heavy atom. The van der Waals surface area contributed by atoms with E-state index in [9.17, 15) is 0 Å². The molecule has 4 nitrogen and oxygen atoms in total. The summed E-state index contributed by atoms with van der Waals surface area (Å²) >= 11 is 0. The van der Waals surface area contributed by atoms with Gasteiger partial charge in [0, 0.05) is 64.1 Å². The molecular weight excluding hydrogens is 296 g/mol. The highest BCUT2D eigenvalue weighted by molar-refractivity contribution is 5.21. The molecule has 3 rings (SSSR count). The first kappa shape index (κ1) is 17.2. The van der Waals surface area contributed by atoms with E-state index in [1.807, 2.05) is 6.20 Å². The van der Waals surface area contributed by atoms with Crippen LogP contribution in [0.3, 0.4) is 0 Å². The van der Waals surface area contributed by atoms with Gasteiger partial charge in [-0.1, -0.05) is 43.7 Å². The maximum Gasteiger partial charge on any atom is 0.111 e. The number of aromatic nitrogens is 2. The van der Waals surface area contributed by atoms with E-state index in [1.54, 1.807) is 0 Å². The zero-order valence-electron chi connectivity index (χ0n) is 15.3. The second kappa shape index (κ2) is 7.95. The van der Waals surface area contributed by atoms with E-state index in [1.165, 1.54) is 17.0 Å². The van der Waals surface area contributed by atoms with Crippen molar-refractivity contribution in [2.45, 2.75) is 39.8 Å². The van der Waals surface area contributed by atoms with Gasteiger partial charge in [0.1, 0.15) is 5.82 Å². The van der Waals surface area contributed by atoms with Crippen LogP contribution in [0, 0.1) is 6.92 Å². The standard InChI is InChI=1S/C20H30N4/c1-17(2)20-21-8-9-24(20)15-14-22-10-12-23(13-11-22)16-19-6-4-18(3)5-7-19/h4-9,17H,10-16H2,1-3H3. The Labute approximate surface area is 146 Å². The monoisotopic (exact) mass is 326 g/mol. The highest BCUT2D eigenvalue weighted by atomic mass is 15.3. The van der Waals surface area contributed by atoms with Crippen LogP contribution >= 0.6 is 0 Å². The summed E-state index contributed by atoms with van der Waals surface area (Å²) in [5.74, 6) is 1.69. The molecule has 0 aliphatic carbocycles. The third-order valence-electron chi connectivity index (χ3n) is 4.91. The van der Waals surface area contributed by atoms with Gasteiger partial charge in [0.05, 0.1) is 0 Å². The third kappa shape index (κ3) is 4.46. The molecule has 0 spiro atoms. The lowest BCUT2D eigenvalue weighted by Crippen LogP contribution is -2.46. The van der Waals surface area contributed by atoms with E-state index < -0.39 is 0 Å². The van der Waals surface area contributed by atoms with Gasteiger partial charge in [-0.05, 0) is 12.5 Å². The van der Waals surface area contributed by atoms with Gasteiger partial charge in [-0.3, -0.25) is 9.80 Å². The van der Waals surface area contributed by atoms with Crippen LogP contribution in [0.15, 0.2) is 36.7 Å². The molecule has 0 atom stereocenters. The Hall–Kier alpha value is -1.65. The van der Waals surface area contributed by atoms with E-state index in [4.69, 9.17) is 0 Å². The van der Waals surface area contributed by atoms with E-state index >= 15 is 0 Å². The number of hydrogen-bond acceptors (Lipinski definition) is 3. The summed E-state index contributed by atoms with van der Waals surface area (Å²) in [6.07, 6.45) is 4.04. The number of piperazine rings is 1. The first-order valence-electron chi connectivity index (χ1n) is 9.13. The van der Waals surface area contributed by atoms with E-state index in [2.05, 4.69) is 70.6 Å². The van der Waals surface area contributed by atoms with Crippen LogP contribution < -0.4 is 0 Å². The molecule has 0 saturated carbocycles. The number of benzene rings is 1. The fraction of sp³-hybridized carbons (Fsp3) is 0.550. The van der Waals surface area contributed by atoms with Crippen molar-refractivity contribution < 1.29 is 0 Å². The number of hydrogen-bond donors (Lipinski definition) is 0. The molecule has 24 heavy (non-hydrogen) atoms. The van der Waals surface area contributed by atoms with E-state index in [0.717, 1.165) is 45.8 Å². The highest BCUT2D eigenvalue weighted by Crippen LogP contribution is 2.13. The molecule has 0 unspecified atom stereocenters. The largest absolute Gasteiger partial charge is 0.333 e. The first-order valence-corrected chi connectivity index (χ1v) is 9.13. The Bertz CT molecular complexity index is 621. The van der Waals surface area contributed by atoms with Gasteiger partial charge in [0.25, 0.3) is 0 Å². The average molecular weight is 326 g/mol. The fourth-order valence-electron chi connectivity index (χ4n) is 3.38. The molecule has 1 aromatic heterocycles. The van der Waals surface area contributed by atoms with Crippen molar-refractivity contribution in [3.8, 4) is 0 Å². The fourth-order valence-corrected chi connectivity index (χ4v) is 3.38. The molecule has 0 N–H and O–H groups in total. The second-order valence-corrected chi connectivity index (χ2v) is 7.24. The number of rotatable bonds is 6. The summed E-state index contributed by atoms with van der Waals surface area (Å²) in [5.41, 5.74) is 2.76. The smallest absolute Gasteiger partial charge is 0.111 e. The first-order chi connectivity index (χ1) is 11.6. The van der Waals surface area contributed by atoms with Crippen molar-refractivity contribution >= 4 is 0 Å². The molecule has 0 radical (unpaired) electrons. The van der Waals surface area contributed by atoms with Crippen molar-refractivity contribution in [1.82, 2.24) is 19.4 Å². The molecule has 4 heteroatoms. The van der Waals surface area contributed by atoms with Crippen molar-refractivity contribution in [1.29, 1.82) is 0 Å². The van der Waals surface area contributed by atoms with Crippen molar-refractivity contribution in [3.63, 3.8) is 0 Å². The second-order valence-electron chi connectivity index (χ2n) is 7.24. The summed E-state index contributed by atoms with van der Waals surface area (Å²) in [6.45, 7) is 14.5. The minimum atomic E-state index is 0.492. The maximum atomic E-state index is 4.48. The zero-order valence-corrected chi connectivity index (χ0v) is 15.3. The van der Waals surface area contributed by atoms with Crippen LogP contribution in [0.1, 0.15) is 36.7 Å². The Kier molecular flexibility index (Phi) is 5.69. The predicted octanol–water partition coefficient (Wildman–Crippen LogP) is 3.13. The normalized spacial score (nSPS) is 16.8. The van der Waals surface area contributed by atoms with Crippen molar-refractivity contribution in [3.05, 3.63) is 53.6 Å². The molecule has 130 valence electrons. The highest BCUT2D eigenvalue weighted by Gasteiger charge is 2.17. The lowest BCUT2D eigenvalue weighted by atomic mass is 10.1. The SMILES string of the molecule is Cc1ccc(CN2CCN(CCn3ccnc3C(C)C)CC2)cc1. The summed E-state index contributed by atoms with van der Waals surface area (Å²) in [6, 6.07) is 8.94. The molecule has 1 aromatic carbocycles. The quantitative estimate of drug-likeness (QED) is 0.815. The zero-order chi connectivity index (χ0) is 16.9. The maximum absolute atomic E-state index is 4.48. The number of aryl methyl sites for hydroxylation is 1. The predicted molar refractivity (Wildman–Crippen MR) is 99.2 cm³/mol. The van der Waals surface area contributed by atoms with Gasteiger partial charge in [0.15, 0.2) is 0 Å². The molecular formula is C20H30N4. The Balaban J connectivity index is 1.43. The van der Waals surface area contributed by atoms with Gasteiger partial charge < -0.3 is 4.57 Å². The molecule has 1 fully saturated rings. The molecule has 2 heterocycles. The molecule has 0 amide bonds. The van der Waals surface area contributed by atoms with Crippen molar-refractivity contribution in [2.75, 3.05) is 32.7 Å². The molecule has 1 saturated heterocycles. The van der Waals surface area contributed by atoms with Crippen molar-refractivity contribution in [2.24, 2.45) is 0 Å². The van der Waals surface area contributed by atoms with Crippen LogP contribution in [-0.2, 0) is 13.1 Å². The lowest BCUT2D eigenvalue weighted by molar-refractivity contribution is 0.124. The summed E-state index contributed by atoms with van der Waals surface area (Å²) in [7, 11) is 0. The summed E-state index contributed by atoms with van der Waals surface area (Å²) < 4.78 is 2.31. The number of imidazole rings is 1. The van der Waals surface area contributed by atoms with E-state index in [-0.39, 0.29) is 0 Å². The van der Waals surface area contributed by atoms with Gasteiger partial charge in [-0.15, -0.1) is 0 Å². The molecule has 1 aliphatic heterocycles. The van der Waals surface area contributed by atoms with Gasteiger partial charge in [-0.2, -0.15) is 0 Å². The molecule has 1 aliphatic rings. The third-order valence-corrected chi connectivity index (χ3v) is 4.91. The van der Waals surface area contributed by atoms with Gasteiger partial charge >= 0.3 is 0 Å². The van der Waals surface area contributed by atoms with Gasteiger partial charge in [-0.25, -0.2) is 4.98 Å². The molecule has 2 aromatic rings. The van der Waals surface area contributed by atoms with Crippen LogP contribution in [0.5, 0.6) is 0 Å². The van der Waals surface area contributed by atoms with E-state index in [0.29, 0.717) is 5.92 Å². The average Bonchev–Trinajstić information content (AvgIpc) is 3.05. The van der Waals surface area contributed by atoms with Crippen LogP contribution in [0.4, 0.5) is 0 Å². The number of nitrogens with zero attached hydrogens (tertiary/aromatic N) is 4. The van der Waals surface area contributed by atoms with Gasteiger partial charge in [0.2, 0.25) is 0 Å². The topological polar surface area (TPSA) is 24.3 Å². The van der Waals surface area contributed by atoms with Crippen LogP contribution in [-0.4, -0.2) is 52.1 Å². The lowest BCUT2D eigenvalue weighted by Gasteiger charge is -2.34. The minimum Gasteiger partial charge on any atom is -0.333 e. The molecule has 0 bridgehead atoms. The Morgan fingerprint density at radius 2 is 1.62 bits per heavy atom. The summed E-state index contributed by atoms with van der Waals surface area (Å²) in [4.78, 5) is 9.63.